The van der Waals surface area contributed by atoms with Crippen molar-refractivity contribution in [1.82, 2.24) is 15.1 Å². The monoisotopic (exact) mass is 323 g/mol. The van der Waals surface area contributed by atoms with E-state index in [4.69, 9.17) is 0 Å². The van der Waals surface area contributed by atoms with Crippen LogP contribution < -0.4 is 10.1 Å². The molecule has 2 rings (SSSR count). The predicted octanol–water partition coefficient (Wildman–Crippen LogP) is 2.61. The lowest BCUT2D eigenvalue weighted by atomic mass is 10.1. The number of nitrogens with zero attached hydrogens (tertiary/aromatic N) is 2. The van der Waals surface area contributed by atoms with E-state index < -0.39 is 6.61 Å². The first-order valence-electron chi connectivity index (χ1n) is 7.20. The number of hydrogen-bond acceptors (Lipinski definition) is 3. The van der Waals surface area contributed by atoms with Crippen molar-refractivity contribution < 1.29 is 18.3 Å². The summed E-state index contributed by atoms with van der Waals surface area (Å²) in [5.41, 5.74) is 3.54. The van der Waals surface area contributed by atoms with E-state index in [2.05, 4.69) is 15.2 Å². The summed E-state index contributed by atoms with van der Waals surface area (Å²) in [4.78, 5) is 12.0. The highest BCUT2D eigenvalue weighted by atomic mass is 19.3. The number of carbonyl (C=O) groups excluding carboxylic acids is 1. The Hall–Kier alpha value is -2.44. The van der Waals surface area contributed by atoms with Gasteiger partial charge >= 0.3 is 6.61 Å². The van der Waals surface area contributed by atoms with E-state index in [9.17, 15) is 13.6 Å². The molecule has 0 atom stereocenters. The summed E-state index contributed by atoms with van der Waals surface area (Å²) in [6, 6.07) is 5.59. The third-order valence-electron chi connectivity index (χ3n) is 3.66. The Kier molecular flexibility index (Phi) is 5.31. The molecule has 0 aliphatic carbocycles. The van der Waals surface area contributed by atoms with Gasteiger partial charge in [-0.2, -0.15) is 13.9 Å². The van der Waals surface area contributed by atoms with Gasteiger partial charge in [-0.05, 0) is 50.1 Å². The number of aryl methyl sites for hydroxylation is 2. The molecule has 0 fully saturated rings. The van der Waals surface area contributed by atoms with Gasteiger partial charge in [-0.1, -0.05) is 0 Å². The van der Waals surface area contributed by atoms with Gasteiger partial charge in [0.05, 0.1) is 5.69 Å². The van der Waals surface area contributed by atoms with E-state index in [1.165, 1.54) is 24.3 Å². The van der Waals surface area contributed by atoms with Gasteiger partial charge in [-0.15, -0.1) is 0 Å². The summed E-state index contributed by atoms with van der Waals surface area (Å²) >= 11 is 0. The van der Waals surface area contributed by atoms with Gasteiger partial charge in [0.25, 0.3) is 5.91 Å². The number of rotatable bonds is 6. The predicted molar refractivity (Wildman–Crippen MR) is 81.8 cm³/mol. The Morgan fingerprint density at radius 3 is 2.48 bits per heavy atom. The molecule has 0 bridgehead atoms. The molecule has 1 amide bonds. The molecule has 1 heterocycles. The maximum Gasteiger partial charge on any atom is 0.387 e. The zero-order valence-electron chi connectivity index (χ0n) is 13.3. The Balaban J connectivity index is 1.89. The quantitative estimate of drug-likeness (QED) is 0.889. The molecular weight excluding hydrogens is 304 g/mol. The van der Waals surface area contributed by atoms with Crippen molar-refractivity contribution in [2.45, 2.75) is 26.9 Å². The number of ether oxygens (including phenoxy) is 1. The van der Waals surface area contributed by atoms with Gasteiger partial charge in [-0.25, -0.2) is 0 Å². The molecule has 1 N–H and O–H groups in total. The van der Waals surface area contributed by atoms with Gasteiger partial charge in [0, 0.05) is 24.8 Å². The summed E-state index contributed by atoms with van der Waals surface area (Å²) in [5, 5.41) is 7.14. The molecular formula is C16H19F2N3O2. The molecule has 0 saturated carbocycles. The maximum absolute atomic E-state index is 12.1. The molecule has 0 aliphatic heterocycles. The second kappa shape index (κ2) is 7.21. The van der Waals surface area contributed by atoms with Gasteiger partial charge in [0.2, 0.25) is 0 Å². The first-order valence-corrected chi connectivity index (χ1v) is 7.20. The number of hydrogen-bond donors (Lipinski definition) is 1. The highest BCUT2D eigenvalue weighted by Crippen LogP contribution is 2.15. The molecule has 0 aliphatic rings. The third-order valence-corrected chi connectivity index (χ3v) is 3.66. The second-order valence-corrected chi connectivity index (χ2v) is 5.18. The molecule has 0 saturated heterocycles. The van der Waals surface area contributed by atoms with Crippen molar-refractivity contribution in [2.75, 3.05) is 6.54 Å². The van der Waals surface area contributed by atoms with E-state index >= 15 is 0 Å². The molecule has 5 nitrogen and oxygen atoms in total. The maximum atomic E-state index is 12.1. The summed E-state index contributed by atoms with van der Waals surface area (Å²) in [5.74, 6) is -0.231. The highest BCUT2D eigenvalue weighted by Gasteiger charge is 2.11. The zero-order valence-corrected chi connectivity index (χ0v) is 13.3. The first-order chi connectivity index (χ1) is 10.9. The fourth-order valence-corrected chi connectivity index (χ4v) is 2.37. The standard InChI is InChI=1S/C16H19F2N3O2/c1-10-14(11(2)21(3)20-10)8-9-19-15(22)12-4-6-13(7-5-12)23-16(17)18/h4-7,16H,8-9H2,1-3H3,(H,19,22). The van der Waals surface area contributed by atoms with Crippen LogP contribution in [-0.4, -0.2) is 28.8 Å². The average molecular weight is 323 g/mol. The minimum atomic E-state index is -2.87. The van der Waals surface area contributed by atoms with Crippen LogP contribution in [0.3, 0.4) is 0 Å². The van der Waals surface area contributed by atoms with Crippen LogP contribution in [0.4, 0.5) is 8.78 Å². The van der Waals surface area contributed by atoms with Gasteiger partial charge in [-0.3, -0.25) is 9.48 Å². The van der Waals surface area contributed by atoms with Crippen molar-refractivity contribution in [2.24, 2.45) is 7.05 Å². The number of alkyl halides is 2. The molecule has 124 valence electrons. The van der Waals surface area contributed by atoms with Gasteiger partial charge < -0.3 is 10.1 Å². The lowest BCUT2D eigenvalue weighted by Crippen LogP contribution is -2.25. The van der Waals surface area contributed by atoms with Gasteiger partial charge in [0.15, 0.2) is 0 Å². The van der Waals surface area contributed by atoms with E-state index in [0.717, 1.165) is 17.0 Å². The van der Waals surface area contributed by atoms with Gasteiger partial charge in [0.1, 0.15) is 5.75 Å². The summed E-state index contributed by atoms with van der Waals surface area (Å²) < 4.78 is 30.2. The van der Waals surface area contributed by atoms with Crippen LogP contribution in [0.25, 0.3) is 0 Å². The summed E-state index contributed by atoms with van der Waals surface area (Å²) in [6.07, 6.45) is 0.684. The Bertz CT molecular complexity index is 681. The minimum absolute atomic E-state index is 0.0261. The van der Waals surface area contributed by atoms with Crippen LogP contribution >= 0.6 is 0 Å². The number of benzene rings is 1. The Morgan fingerprint density at radius 1 is 1.30 bits per heavy atom. The summed E-state index contributed by atoms with van der Waals surface area (Å²) in [7, 11) is 1.88. The average Bonchev–Trinajstić information content (AvgIpc) is 2.73. The van der Waals surface area contributed by atoms with E-state index in [1.54, 1.807) is 0 Å². The lowest BCUT2D eigenvalue weighted by molar-refractivity contribution is -0.0498. The normalized spacial score (nSPS) is 10.9. The van der Waals surface area contributed by atoms with Crippen molar-refractivity contribution >= 4 is 5.91 Å². The molecule has 1 aromatic heterocycles. The lowest BCUT2D eigenvalue weighted by Gasteiger charge is -2.07. The Morgan fingerprint density at radius 2 is 1.96 bits per heavy atom. The number of aromatic nitrogens is 2. The molecule has 0 spiro atoms. The number of carbonyl (C=O) groups is 1. The third kappa shape index (κ3) is 4.28. The topological polar surface area (TPSA) is 56.2 Å². The fraction of sp³-hybridized carbons (Fsp3) is 0.375. The molecule has 7 heteroatoms. The van der Waals surface area contributed by atoms with Crippen LogP contribution in [-0.2, 0) is 13.5 Å². The molecule has 0 radical (unpaired) electrons. The number of amides is 1. The number of halogens is 2. The second-order valence-electron chi connectivity index (χ2n) is 5.18. The fourth-order valence-electron chi connectivity index (χ4n) is 2.37. The van der Waals surface area contributed by atoms with Crippen molar-refractivity contribution in [3.05, 3.63) is 46.8 Å². The highest BCUT2D eigenvalue weighted by molar-refractivity contribution is 5.94. The molecule has 1 aromatic carbocycles. The smallest absolute Gasteiger partial charge is 0.387 e. The molecule has 0 unspecified atom stereocenters. The zero-order chi connectivity index (χ0) is 17.0. The SMILES string of the molecule is Cc1nn(C)c(C)c1CCNC(=O)c1ccc(OC(F)F)cc1. The van der Waals surface area contributed by atoms with E-state index in [1.807, 2.05) is 25.6 Å². The van der Waals surface area contributed by atoms with Crippen molar-refractivity contribution in [3.63, 3.8) is 0 Å². The van der Waals surface area contributed by atoms with Crippen molar-refractivity contribution in [3.8, 4) is 5.75 Å². The van der Waals surface area contributed by atoms with Crippen molar-refractivity contribution in [1.29, 1.82) is 0 Å². The molecule has 23 heavy (non-hydrogen) atoms. The van der Waals surface area contributed by atoms with Crippen LogP contribution in [0.1, 0.15) is 27.3 Å². The molecule has 2 aromatic rings. The van der Waals surface area contributed by atoms with Crippen LogP contribution in [0.15, 0.2) is 24.3 Å². The largest absolute Gasteiger partial charge is 0.435 e. The van der Waals surface area contributed by atoms with Crippen LogP contribution in [0.2, 0.25) is 0 Å². The van der Waals surface area contributed by atoms with Crippen LogP contribution in [0, 0.1) is 13.8 Å². The van der Waals surface area contributed by atoms with E-state index in [0.29, 0.717) is 18.5 Å². The number of nitrogens with one attached hydrogen (secondary N) is 1. The minimum Gasteiger partial charge on any atom is -0.435 e. The first kappa shape index (κ1) is 16.9. The Labute approximate surface area is 133 Å². The summed E-state index contributed by atoms with van der Waals surface area (Å²) in [6.45, 7) is 1.52. The van der Waals surface area contributed by atoms with Crippen LogP contribution in [0.5, 0.6) is 5.75 Å². The van der Waals surface area contributed by atoms with E-state index in [-0.39, 0.29) is 11.7 Å².